The number of likely N-dealkylation sites (tertiary alicyclic amines) is 1. The van der Waals surface area contributed by atoms with Gasteiger partial charge >= 0.3 is 7.12 Å². The van der Waals surface area contributed by atoms with E-state index in [2.05, 4.69) is 96.9 Å². The van der Waals surface area contributed by atoms with Gasteiger partial charge in [-0.25, -0.2) is 0 Å². The SMILES string of the molecule is CN1CCC2(c3ccccc3)OB(c3ccccc3)OC(c3ccccc3)C2C1. The molecule has 0 aliphatic carbocycles. The molecule has 0 N–H and O–H groups in total. The Hall–Kier alpha value is -2.40. The molecule has 3 aromatic carbocycles. The lowest BCUT2D eigenvalue weighted by molar-refractivity contribution is -0.147. The Morgan fingerprint density at radius 2 is 1.48 bits per heavy atom. The second-order valence-electron chi connectivity index (χ2n) is 8.20. The summed E-state index contributed by atoms with van der Waals surface area (Å²) < 4.78 is 13.6. The lowest BCUT2D eigenvalue weighted by atomic mass is 9.65. The van der Waals surface area contributed by atoms with Crippen molar-refractivity contribution in [2.75, 3.05) is 20.1 Å². The zero-order valence-corrected chi connectivity index (χ0v) is 16.8. The topological polar surface area (TPSA) is 21.7 Å². The van der Waals surface area contributed by atoms with Gasteiger partial charge < -0.3 is 14.2 Å². The molecule has 146 valence electrons. The van der Waals surface area contributed by atoms with Crippen LogP contribution in [0.5, 0.6) is 0 Å². The van der Waals surface area contributed by atoms with E-state index in [0.717, 1.165) is 25.0 Å². The standard InChI is InChI=1S/C25H26BNO2/c1-27-18-17-25(21-13-7-3-8-14-21)23(19-27)24(20-11-5-2-6-12-20)28-26(29-25)22-15-9-4-10-16-22/h2-16,23-24H,17-19H2,1H3. The quantitative estimate of drug-likeness (QED) is 0.638. The molecule has 4 heteroatoms. The zero-order chi connectivity index (χ0) is 19.7. The molecule has 0 amide bonds. The van der Waals surface area contributed by atoms with Crippen molar-refractivity contribution in [3.63, 3.8) is 0 Å². The molecule has 2 aliphatic heterocycles. The molecule has 0 saturated carbocycles. The molecule has 0 radical (unpaired) electrons. The number of hydrogen-bond acceptors (Lipinski definition) is 3. The smallest absolute Gasteiger partial charge is 0.400 e. The molecule has 0 aromatic heterocycles. The Morgan fingerprint density at radius 1 is 0.862 bits per heavy atom. The van der Waals surface area contributed by atoms with Gasteiger partial charge in [0.2, 0.25) is 0 Å². The van der Waals surface area contributed by atoms with Crippen LogP contribution in [0.3, 0.4) is 0 Å². The van der Waals surface area contributed by atoms with Crippen LogP contribution in [-0.2, 0) is 14.9 Å². The van der Waals surface area contributed by atoms with Gasteiger partial charge in [-0.05, 0) is 30.1 Å². The monoisotopic (exact) mass is 383 g/mol. The molecule has 0 bridgehead atoms. The van der Waals surface area contributed by atoms with Crippen molar-refractivity contribution in [3.05, 3.63) is 102 Å². The normalized spacial score (nSPS) is 27.4. The van der Waals surface area contributed by atoms with E-state index in [4.69, 9.17) is 9.31 Å². The molecule has 2 heterocycles. The molecule has 3 aromatic rings. The van der Waals surface area contributed by atoms with Gasteiger partial charge in [-0.1, -0.05) is 91.0 Å². The van der Waals surface area contributed by atoms with Gasteiger partial charge in [-0.2, -0.15) is 0 Å². The second-order valence-corrected chi connectivity index (χ2v) is 8.20. The lowest BCUT2D eigenvalue weighted by Crippen LogP contribution is -2.61. The first-order valence-corrected chi connectivity index (χ1v) is 10.4. The maximum Gasteiger partial charge on any atom is 0.495 e. The molecule has 3 atom stereocenters. The summed E-state index contributed by atoms with van der Waals surface area (Å²) in [6.07, 6.45) is 0.923. The first-order valence-electron chi connectivity index (χ1n) is 10.4. The van der Waals surface area contributed by atoms with Gasteiger partial charge in [0.25, 0.3) is 0 Å². The van der Waals surface area contributed by atoms with Gasteiger partial charge in [0.15, 0.2) is 0 Å². The van der Waals surface area contributed by atoms with E-state index in [-0.39, 0.29) is 24.7 Å². The average molecular weight is 383 g/mol. The van der Waals surface area contributed by atoms with Crippen LogP contribution in [-0.4, -0.2) is 32.2 Å². The van der Waals surface area contributed by atoms with E-state index < -0.39 is 0 Å². The minimum absolute atomic E-state index is 0.0295. The van der Waals surface area contributed by atoms with Gasteiger partial charge in [-0.3, -0.25) is 0 Å². The predicted molar refractivity (Wildman–Crippen MR) is 117 cm³/mol. The van der Waals surface area contributed by atoms with E-state index >= 15 is 0 Å². The fourth-order valence-electron chi connectivity index (χ4n) is 4.91. The summed E-state index contributed by atoms with van der Waals surface area (Å²) in [5, 5.41) is 0. The summed E-state index contributed by atoms with van der Waals surface area (Å²) in [5.74, 6) is 0.214. The highest BCUT2D eigenvalue weighted by Crippen LogP contribution is 2.51. The van der Waals surface area contributed by atoms with E-state index in [1.165, 1.54) is 11.1 Å². The van der Waals surface area contributed by atoms with Crippen LogP contribution in [0.15, 0.2) is 91.0 Å². The highest BCUT2D eigenvalue weighted by Gasteiger charge is 2.55. The third kappa shape index (κ3) is 3.42. The maximum atomic E-state index is 6.90. The average Bonchev–Trinajstić information content (AvgIpc) is 2.80. The van der Waals surface area contributed by atoms with Crippen molar-refractivity contribution in [2.24, 2.45) is 5.92 Å². The number of benzene rings is 3. The van der Waals surface area contributed by atoms with Crippen molar-refractivity contribution < 1.29 is 9.31 Å². The molecule has 2 aliphatic rings. The van der Waals surface area contributed by atoms with Gasteiger partial charge in [0.05, 0.1) is 11.7 Å². The fourth-order valence-corrected chi connectivity index (χ4v) is 4.91. The molecular weight excluding hydrogens is 357 g/mol. The van der Waals surface area contributed by atoms with Crippen LogP contribution in [0.25, 0.3) is 0 Å². The van der Waals surface area contributed by atoms with Crippen LogP contribution >= 0.6 is 0 Å². The number of fused-ring (bicyclic) bond motifs is 1. The Bertz CT molecular complexity index is 937. The summed E-state index contributed by atoms with van der Waals surface area (Å²) in [7, 11) is 1.81. The van der Waals surface area contributed by atoms with Gasteiger partial charge in [-0.15, -0.1) is 0 Å². The minimum atomic E-state index is -0.388. The lowest BCUT2D eigenvalue weighted by Gasteiger charge is -2.54. The maximum absolute atomic E-state index is 6.90. The number of nitrogens with zero attached hydrogens (tertiary/aromatic N) is 1. The third-order valence-electron chi connectivity index (χ3n) is 6.39. The van der Waals surface area contributed by atoms with Crippen molar-refractivity contribution in [1.82, 2.24) is 4.90 Å². The molecular formula is C25H26BNO2. The van der Waals surface area contributed by atoms with Crippen molar-refractivity contribution in [1.29, 1.82) is 0 Å². The molecule has 5 rings (SSSR count). The van der Waals surface area contributed by atoms with Crippen LogP contribution in [0, 0.1) is 5.92 Å². The van der Waals surface area contributed by atoms with Gasteiger partial charge in [0, 0.05) is 19.0 Å². The number of rotatable bonds is 3. The molecule has 3 nitrogen and oxygen atoms in total. The van der Waals surface area contributed by atoms with Crippen LogP contribution < -0.4 is 5.46 Å². The number of hydrogen-bond donors (Lipinski definition) is 0. The highest BCUT2D eigenvalue weighted by atomic mass is 16.6. The summed E-state index contributed by atoms with van der Waals surface area (Å²) in [5.41, 5.74) is 3.18. The molecule has 0 spiro atoms. The van der Waals surface area contributed by atoms with E-state index in [1.54, 1.807) is 0 Å². The molecule has 3 unspecified atom stereocenters. The third-order valence-corrected chi connectivity index (χ3v) is 6.39. The Kier molecular flexibility index (Phi) is 5.00. The summed E-state index contributed by atoms with van der Waals surface area (Å²) in [4.78, 5) is 2.40. The Labute approximate surface area is 173 Å². The molecule has 2 saturated heterocycles. The van der Waals surface area contributed by atoms with E-state index in [0.29, 0.717) is 0 Å². The van der Waals surface area contributed by atoms with Crippen LogP contribution in [0.2, 0.25) is 0 Å². The highest BCUT2D eigenvalue weighted by molar-refractivity contribution is 6.61. The van der Waals surface area contributed by atoms with E-state index in [1.807, 2.05) is 6.07 Å². The van der Waals surface area contributed by atoms with Crippen LogP contribution in [0.1, 0.15) is 23.7 Å². The first-order chi connectivity index (χ1) is 14.3. The number of piperidine rings is 1. The second kappa shape index (κ2) is 7.79. The summed E-state index contributed by atoms with van der Waals surface area (Å²) in [6, 6.07) is 31.7. The zero-order valence-electron chi connectivity index (χ0n) is 16.8. The van der Waals surface area contributed by atoms with Crippen molar-refractivity contribution >= 4 is 12.6 Å². The van der Waals surface area contributed by atoms with Crippen molar-refractivity contribution in [3.8, 4) is 0 Å². The fraction of sp³-hybridized carbons (Fsp3) is 0.280. The first kappa shape index (κ1) is 18.6. The summed E-state index contributed by atoms with van der Waals surface area (Å²) in [6.45, 7) is 1.95. The Morgan fingerprint density at radius 3 is 2.17 bits per heavy atom. The predicted octanol–water partition coefficient (Wildman–Crippen LogP) is 4.02. The molecule has 29 heavy (non-hydrogen) atoms. The van der Waals surface area contributed by atoms with Crippen LogP contribution in [0.4, 0.5) is 0 Å². The van der Waals surface area contributed by atoms with Gasteiger partial charge in [0.1, 0.15) is 0 Å². The molecule has 2 fully saturated rings. The summed E-state index contributed by atoms with van der Waals surface area (Å²) >= 11 is 0. The van der Waals surface area contributed by atoms with Crippen molar-refractivity contribution in [2.45, 2.75) is 18.1 Å². The largest absolute Gasteiger partial charge is 0.495 e. The minimum Gasteiger partial charge on any atom is -0.400 e. The Balaban J connectivity index is 1.65. The van der Waals surface area contributed by atoms with E-state index in [9.17, 15) is 0 Å².